The highest BCUT2D eigenvalue weighted by atomic mass is 16.5. The van der Waals surface area contributed by atoms with E-state index < -0.39 is 0 Å². The van der Waals surface area contributed by atoms with Crippen molar-refractivity contribution in [2.75, 3.05) is 13.7 Å². The maximum absolute atomic E-state index is 11.5. The topological polar surface area (TPSA) is 52.6 Å². The van der Waals surface area contributed by atoms with Crippen molar-refractivity contribution in [1.82, 2.24) is 0 Å². The molecule has 8 atom stereocenters. The monoisotopic (exact) mass is 518 g/mol. The third-order valence-corrected chi connectivity index (χ3v) is 10.5. The zero-order chi connectivity index (χ0) is 26.6. The molecule has 4 heteroatoms. The van der Waals surface area contributed by atoms with Crippen LogP contribution in [0, 0.1) is 35.5 Å². The molecule has 4 rings (SSSR count). The van der Waals surface area contributed by atoms with Gasteiger partial charge in [-0.25, -0.2) is 0 Å². The van der Waals surface area contributed by atoms with Crippen molar-refractivity contribution in [2.45, 2.75) is 149 Å². The number of Topliss-reactive ketones (excluding diaryl/α,β-unsaturated/α-hetero) is 2. The molecular weight excluding hydrogens is 460 g/mol. The van der Waals surface area contributed by atoms with Crippen LogP contribution in [0.3, 0.4) is 0 Å². The van der Waals surface area contributed by atoms with Gasteiger partial charge in [0.05, 0.1) is 12.2 Å². The Hall–Kier alpha value is -0.740. The fourth-order valence-electron chi connectivity index (χ4n) is 8.34. The van der Waals surface area contributed by atoms with Gasteiger partial charge in [0.15, 0.2) is 0 Å². The number of methoxy groups -OCH3 is 1. The van der Waals surface area contributed by atoms with Crippen LogP contribution in [0.2, 0.25) is 0 Å². The largest absolute Gasteiger partial charge is 0.381 e. The Balaban J connectivity index is 0.000000206. The molecule has 4 saturated carbocycles. The van der Waals surface area contributed by atoms with E-state index in [9.17, 15) is 9.59 Å². The molecule has 4 aliphatic rings. The number of unbranched alkanes of at least 4 members (excludes halogenated alkanes) is 2. The smallest absolute Gasteiger partial charge is 0.133 e. The second kappa shape index (κ2) is 16.4. The molecule has 4 nitrogen and oxygen atoms in total. The molecule has 0 aliphatic heterocycles. The SMILES string of the molecule is CCC(CCCCC1CCC2CC(=O)CC12)OC.CCOC(CC)CCCCC1CCC2CC(=O)CC12. The second-order valence-electron chi connectivity index (χ2n) is 12.7. The summed E-state index contributed by atoms with van der Waals surface area (Å²) in [5, 5.41) is 0. The molecule has 4 aliphatic carbocycles. The lowest BCUT2D eigenvalue weighted by Crippen LogP contribution is -2.12. The van der Waals surface area contributed by atoms with Gasteiger partial charge < -0.3 is 9.47 Å². The van der Waals surface area contributed by atoms with Gasteiger partial charge in [0.2, 0.25) is 0 Å². The van der Waals surface area contributed by atoms with Crippen molar-refractivity contribution in [3.63, 3.8) is 0 Å². The van der Waals surface area contributed by atoms with Crippen molar-refractivity contribution in [3.05, 3.63) is 0 Å². The summed E-state index contributed by atoms with van der Waals surface area (Å²) in [6.07, 6.45) is 22.5. The number of ketones is 2. The van der Waals surface area contributed by atoms with Gasteiger partial charge >= 0.3 is 0 Å². The molecule has 0 aromatic rings. The first-order chi connectivity index (χ1) is 18.0. The summed E-state index contributed by atoms with van der Waals surface area (Å²) in [4.78, 5) is 23.0. The highest BCUT2D eigenvalue weighted by Crippen LogP contribution is 2.49. The second-order valence-corrected chi connectivity index (χ2v) is 12.7. The van der Waals surface area contributed by atoms with E-state index >= 15 is 0 Å². The molecule has 214 valence electrons. The first-order valence-corrected chi connectivity index (χ1v) is 16.2. The minimum Gasteiger partial charge on any atom is -0.381 e. The standard InChI is InChI=1S/C17H30O2.C16H28O2/c1-3-16(19-4-2)8-6-5-7-13-9-10-14-11-15(18)12-17(13)14;1-3-15(18-2)7-5-4-6-12-8-9-13-10-14(17)11-16(12)13/h13-14,16-17H,3-12H2,1-2H3;12-13,15-16H,3-11H2,1-2H3. The van der Waals surface area contributed by atoms with E-state index in [2.05, 4.69) is 20.8 Å². The van der Waals surface area contributed by atoms with Gasteiger partial charge in [-0.05, 0) is 93.8 Å². The van der Waals surface area contributed by atoms with Crippen LogP contribution in [0.5, 0.6) is 0 Å². The molecule has 0 bridgehead atoms. The average Bonchev–Trinajstić information content (AvgIpc) is 3.64. The summed E-state index contributed by atoms with van der Waals surface area (Å²) in [7, 11) is 1.82. The lowest BCUT2D eigenvalue weighted by Gasteiger charge is -2.19. The lowest BCUT2D eigenvalue weighted by molar-refractivity contribution is -0.118. The van der Waals surface area contributed by atoms with E-state index in [1.165, 1.54) is 77.0 Å². The van der Waals surface area contributed by atoms with Gasteiger partial charge in [0.1, 0.15) is 11.6 Å². The van der Waals surface area contributed by atoms with Crippen molar-refractivity contribution in [1.29, 1.82) is 0 Å². The van der Waals surface area contributed by atoms with Crippen LogP contribution in [0.1, 0.15) is 136 Å². The van der Waals surface area contributed by atoms with E-state index in [1.54, 1.807) is 0 Å². The van der Waals surface area contributed by atoms with Crippen LogP contribution < -0.4 is 0 Å². The number of fused-ring (bicyclic) bond motifs is 2. The normalized spacial score (nSPS) is 32.2. The van der Waals surface area contributed by atoms with Crippen LogP contribution in [-0.2, 0) is 19.1 Å². The summed E-state index contributed by atoms with van der Waals surface area (Å²) in [6.45, 7) is 7.33. The average molecular weight is 519 g/mol. The highest BCUT2D eigenvalue weighted by Gasteiger charge is 2.43. The Bertz CT molecular complexity index is 671. The van der Waals surface area contributed by atoms with Crippen molar-refractivity contribution >= 4 is 11.6 Å². The van der Waals surface area contributed by atoms with Crippen LogP contribution in [0.15, 0.2) is 0 Å². The zero-order valence-corrected chi connectivity index (χ0v) is 24.7. The number of carbonyl (C=O) groups excluding carboxylic acids is 2. The van der Waals surface area contributed by atoms with Crippen molar-refractivity contribution in [3.8, 4) is 0 Å². The molecule has 0 amide bonds. The molecule has 0 heterocycles. The molecule has 0 spiro atoms. The summed E-state index contributed by atoms with van der Waals surface area (Å²) < 4.78 is 11.1. The van der Waals surface area contributed by atoms with E-state index in [1.807, 2.05) is 7.11 Å². The summed E-state index contributed by atoms with van der Waals surface area (Å²) in [5.74, 6) is 5.77. The molecule has 4 fully saturated rings. The minimum absolute atomic E-state index is 0.453. The molecule has 0 N–H and O–H groups in total. The number of hydrogen-bond donors (Lipinski definition) is 0. The quantitative estimate of drug-likeness (QED) is 0.204. The Morgan fingerprint density at radius 2 is 1.16 bits per heavy atom. The highest BCUT2D eigenvalue weighted by molar-refractivity contribution is 5.81. The molecule has 37 heavy (non-hydrogen) atoms. The molecule has 0 radical (unpaired) electrons. The maximum Gasteiger partial charge on any atom is 0.133 e. The zero-order valence-electron chi connectivity index (χ0n) is 24.7. The third-order valence-electron chi connectivity index (χ3n) is 10.5. The Morgan fingerprint density at radius 1 is 0.676 bits per heavy atom. The van der Waals surface area contributed by atoms with E-state index in [0.717, 1.165) is 80.6 Å². The predicted octanol–water partition coefficient (Wildman–Crippen LogP) is 8.34. The molecule has 0 aromatic heterocycles. The summed E-state index contributed by atoms with van der Waals surface area (Å²) >= 11 is 0. The Labute approximate surface area is 228 Å². The van der Waals surface area contributed by atoms with Gasteiger partial charge in [0.25, 0.3) is 0 Å². The van der Waals surface area contributed by atoms with Crippen molar-refractivity contribution in [2.24, 2.45) is 35.5 Å². The van der Waals surface area contributed by atoms with Crippen LogP contribution >= 0.6 is 0 Å². The Morgan fingerprint density at radius 3 is 1.59 bits per heavy atom. The summed E-state index contributed by atoms with van der Waals surface area (Å²) in [6, 6.07) is 0. The van der Waals surface area contributed by atoms with E-state index in [0.29, 0.717) is 23.8 Å². The van der Waals surface area contributed by atoms with Gasteiger partial charge in [-0.15, -0.1) is 0 Å². The van der Waals surface area contributed by atoms with E-state index in [4.69, 9.17) is 9.47 Å². The first-order valence-electron chi connectivity index (χ1n) is 16.2. The maximum atomic E-state index is 11.5. The third kappa shape index (κ3) is 9.45. The number of hydrogen-bond acceptors (Lipinski definition) is 4. The Kier molecular flexibility index (Phi) is 13.6. The lowest BCUT2D eigenvalue weighted by atomic mass is 9.88. The fraction of sp³-hybridized carbons (Fsp3) is 0.939. The predicted molar refractivity (Wildman–Crippen MR) is 152 cm³/mol. The first kappa shape index (κ1) is 30.8. The summed E-state index contributed by atoms with van der Waals surface area (Å²) in [5.41, 5.74) is 0. The van der Waals surface area contributed by atoms with Gasteiger partial charge in [0, 0.05) is 39.4 Å². The minimum atomic E-state index is 0.453. The fourth-order valence-corrected chi connectivity index (χ4v) is 8.34. The number of rotatable bonds is 15. The number of carbonyl (C=O) groups is 2. The van der Waals surface area contributed by atoms with E-state index in [-0.39, 0.29) is 0 Å². The molecule has 0 saturated heterocycles. The van der Waals surface area contributed by atoms with Gasteiger partial charge in [-0.2, -0.15) is 0 Å². The number of ether oxygens (including phenoxy) is 2. The van der Waals surface area contributed by atoms with Crippen LogP contribution in [0.4, 0.5) is 0 Å². The molecule has 8 unspecified atom stereocenters. The van der Waals surface area contributed by atoms with Crippen molar-refractivity contribution < 1.29 is 19.1 Å². The van der Waals surface area contributed by atoms with Crippen LogP contribution in [-0.4, -0.2) is 37.5 Å². The van der Waals surface area contributed by atoms with Gasteiger partial charge in [-0.1, -0.05) is 52.4 Å². The van der Waals surface area contributed by atoms with Crippen LogP contribution in [0.25, 0.3) is 0 Å². The molecule has 0 aromatic carbocycles. The van der Waals surface area contributed by atoms with Gasteiger partial charge in [-0.3, -0.25) is 9.59 Å². The molecular formula is C33H58O4.